The number of hydrogen-bond acceptors (Lipinski definition) is 4. The number of carboxylic acid groups (broad SMARTS) is 1. The Kier molecular flexibility index (Phi) is 2.78. The first kappa shape index (κ1) is 8.19. The second-order valence-electron chi connectivity index (χ2n) is 1.92. The van der Waals surface area contributed by atoms with Crippen LogP contribution in [0.1, 0.15) is 0 Å². The van der Waals surface area contributed by atoms with E-state index >= 15 is 0 Å². The van der Waals surface area contributed by atoms with Gasteiger partial charge in [0.25, 0.3) is 0 Å². The van der Waals surface area contributed by atoms with Gasteiger partial charge in [-0.25, -0.2) is 9.78 Å². The van der Waals surface area contributed by atoms with E-state index in [-0.39, 0.29) is 0 Å². The van der Waals surface area contributed by atoms with Gasteiger partial charge in [0.15, 0.2) is 0 Å². The molecule has 0 fully saturated rings. The zero-order valence-electron chi connectivity index (χ0n) is 6.14. The third kappa shape index (κ3) is 2.78. The van der Waals surface area contributed by atoms with Gasteiger partial charge < -0.3 is 5.11 Å². The van der Waals surface area contributed by atoms with Crippen molar-refractivity contribution in [1.29, 1.82) is 0 Å². The lowest BCUT2D eigenvalue weighted by Gasteiger charge is -1.94. The molecule has 0 aliphatic rings. The molecule has 12 heavy (non-hydrogen) atoms. The average Bonchev–Trinajstić information content (AvgIpc) is 2.05. The van der Waals surface area contributed by atoms with Crippen molar-refractivity contribution in [1.82, 2.24) is 4.98 Å². The number of anilines is 1. The Morgan fingerprint density at radius 1 is 1.67 bits per heavy atom. The lowest BCUT2D eigenvalue weighted by Crippen LogP contribution is -1.99. The number of carbonyl (C=O) groups is 1. The summed E-state index contributed by atoms with van der Waals surface area (Å²) in [5.74, 6) is -0.589. The molecule has 0 aromatic carbocycles. The predicted octanol–water partition coefficient (Wildman–Crippen LogP) is 0.564. The third-order valence-electron chi connectivity index (χ3n) is 1.02. The first-order chi connectivity index (χ1) is 5.79. The lowest BCUT2D eigenvalue weighted by molar-refractivity contribution is -0.128. The van der Waals surface area contributed by atoms with Gasteiger partial charge in [-0.3, -0.25) is 5.43 Å². The maximum Gasteiger partial charge on any atom is 0.348 e. The highest BCUT2D eigenvalue weighted by molar-refractivity contribution is 6.22. The summed E-state index contributed by atoms with van der Waals surface area (Å²) in [6.07, 6.45) is 2.34. The van der Waals surface area contributed by atoms with Gasteiger partial charge in [0.2, 0.25) is 0 Å². The zero-order valence-corrected chi connectivity index (χ0v) is 6.14. The van der Waals surface area contributed by atoms with Crippen LogP contribution in [0.25, 0.3) is 0 Å². The van der Waals surface area contributed by atoms with Gasteiger partial charge in [-0.05, 0) is 12.1 Å². The molecule has 0 atom stereocenters. The van der Waals surface area contributed by atoms with E-state index in [1.54, 1.807) is 24.4 Å². The van der Waals surface area contributed by atoms with Gasteiger partial charge in [-0.2, -0.15) is 5.10 Å². The van der Waals surface area contributed by atoms with Crippen molar-refractivity contribution in [3.05, 3.63) is 24.4 Å². The molecule has 0 spiro atoms. The molecule has 0 aliphatic carbocycles. The zero-order chi connectivity index (χ0) is 8.81. The number of aromatic nitrogens is 1. The van der Waals surface area contributed by atoms with Crippen molar-refractivity contribution >= 4 is 18.0 Å². The van der Waals surface area contributed by atoms with Gasteiger partial charge in [-0.1, -0.05) is 6.07 Å². The van der Waals surface area contributed by atoms with Crippen molar-refractivity contribution in [3.8, 4) is 0 Å². The van der Waals surface area contributed by atoms with E-state index < -0.39 is 5.97 Å². The molecule has 5 nitrogen and oxygen atoms in total. The fourth-order valence-corrected chi connectivity index (χ4v) is 0.583. The fourth-order valence-electron chi connectivity index (χ4n) is 0.583. The standard InChI is InChI=1S/C7H7N3O2/c11-7(12)5-9-10-6-3-1-2-4-8-6/h1-5H,(H,8,10)(H,11,12)/b9-5+. The van der Waals surface area contributed by atoms with E-state index in [2.05, 4.69) is 15.5 Å². The minimum absolute atomic E-state index is 0.509. The van der Waals surface area contributed by atoms with Crippen molar-refractivity contribution < 1.29 is 9.90 Å². The van der Waals surface area contributed by atoms with E-state index in [1.807, 2.05) is 0 Å². The highest BCUT2D eigenvalue weighted by Crippen LogP contribution is 1.97. The minimum atomic E-state index is -1.10. The second kappa shape index (κ2) is 4.07. The molecule has 0 saturated heterocycles. The van der Waals surface area contributed by atoms with E-state index in [0.717, 1.165) is 6.21 Å². The minimum Gasteiger partial charge on any atom is -0.477 e. The molecule has 1 aromatic heterocycles. The summed E-state index contributed by atoms with van der Waals surface area (Å²) in [4.78, 5) is 13.8. The summed E-state index contributed by atoms with van der Waals surface area (Å²) in [7, 11) is 0. The molecule has 2 N–H and O–H groups in total. The molecule has 1 aromatic rings. The molecule has 0 unspecified atom stereocenters. The first-order valence-electron chi connectivity index (χ1n) is 3.22. The number of aliphatic carboxylic acids is 1. The SMILES string of the molecule is O=C(O)/C=N/Nc1ccccn1. The number of hydrogen-bond donors (Lipinski definition) is 2. The summed E-state index contributed by atoms with van der Waals surface area (Å²) >= 11 is 0. The van der Waals surface area contributed by atoms with Gasteiger partial charge in [0, 0.05) is 6.20 Å². The highest BCUT2D eigenvalue weighted by Gasteiger charge is 1.88. The van der Waals surface area contributed by atoms with Gasteiger partial charge in [0.1, 0.15) is 12.0 Å². The second-order valence-corrected chi connectivity index (χ2v) is 1.92. The van der Waals surface area contributed by atoms with Crippen LogP contribution in [0.3, 0.4) is 0 Å². The van der Waals surface area contributed by atoms with E-state index in [9.17, 15) is 4.79 Å². The summed E-state index contributed by atoms with van der Waals surface area (Å²) in [6.45, 7) is 0. The van der Waals surface area contributed by atoms with Crippen molar-refractivity contribution in [2.75, 3.05) is 5.43 Å². The molecule has 0 saturated carbocycles. The quantitative estimate of drug-likeness (QED) is 0.507. The Labute approximate surface area is 68.8 Å². The van der Waals surface area contributed by atoms with Gasteiger partial charge in [-0.15, -0.1) is 0 Å². The Morgan fingerprint density at radius 3 is 3.08 bits per heavy atom. The molecule has 1 heterocycles. The molecule has 0 amide bonds. The molecule has 1 rings (SSSR count). The van der Waals surface area contributed by atoms with Gasteiger partial charge in [0.05, 0.1) is 0 Å². The summed E-state index contributed by atoms with van der Waals surface area (Å²) in [5.41, 5.74) is 2.45. The van der Waals surface area contributed by atoms with Crippen LogP contribution in [0.15, 0.2) is 29.5 Å². The third-order valence-corrected chi connectivity index (χ3v) is 1.02. The maximum absolute atomic E-state index is 9.98. The average molecular weight is 165 g/mol. The van der Waals surface area contributed by atoms with E-state index in [1.165, 1.54) is 0 Å². The number of pyridine rings is 1. The number of nitrogens with one attached hydrogen (secondary N) is 1. The Bertz CT molecular complexity index is 284. The molecule has 5 heteroatoms. The van der Waals surface area contributed by atoms with E-state index in [0.29, 0.717) is 5.82 Å². The molecular weight excluding hydrogens is 158 g/mol. The topological polar surface area (TPSA) is 74.6 Å². The maximum atomic E-state index is 9.98. The number of carboxylic acids is 1. The van der Waals surface area contributed by atoms with Crippen molar-refractivity contribution in [2.24, 2.45) is 5.10 Å². The molecule has 0 aliphatic heterocycles. The predicted molar refractivity (Wildman–Crippen MR) is 44.0 cm³/mol. The van der Waals surface area contributed by atoms with Crippen LogP contribution in [0, 0.1) is 0 Å². The fraction of sp³-hybridized carbons (Fsp3) is 0. The number of nitrogens with zero attached hydrogens (tertiary/aromatic N) is 2. The van der Waals surface area contributed by atoms with E-state index in [4.69, 9.17) is 5.11 Å². The Balaban J connectivity index is 2.49. The Morgan fingerprint density at radius 2 is 2.50 bits per heavy atom. The van der Waals surface area contributed by atoms with Crippen LogP contribution < -0.4 is 5.43 Å². The summed E-state index contributed by atoms with van der Waals surface area (Å²) < 4.78 is 0. The molecule has 0 radical (unpaired) electrons. The normalized spacial score (nSPS) is 10.0. The molecule has 62 valence electrons. The Hall–Kier alpha value is -1.91. The van der Waals surface area contributed by atoms with Crippen molar-refractivity contribution in [3.63, 3.8) is 0 Å². The van der Waals surface area contributed by atoms with Crippen LogP contribution in [-0.4, -0.2) is 22.3 Å². The van der Waals surface area contributed by atoms with Crippen LogP contribution >= 0.6 is 0 Å². The summed E-state index contributed by atoms with van der Waals surface area (Å²) in [6, 6.07) is 5.21. The highest BCUT2D eigenvalue weighted by atomic mass is 16.4. The van der Waals surface area contributed by atoms with Crippen LogP contribution in [-0.2, 0) is 4.79 Å². The molecular formula is C7H7N3O2. The smallest absolute Gasteiger partial charge is 0.348 e. The number of hydrazone groups is 1. The monoisotopic (exact) mass is 165 g/mol. The largest absolute Gasteiger partial charge is 0.477 e. The van der Waals surface area contributed by atoms with Crippen LogP contribution in [0.5, 0.6) is 0 Å². The van der Waals surface area contributed by atoms with Gasteiger partial charge >= 0.3 is 5.97 Å². The van der Waals surface area contributed by atoms with Crippen LogP contribution in [0.4, 0.5) is 5.82 Å². The number of rotatable bonds is 3. The molecule has 0 bridgehead atoms. The summed E-state index contributed by atoms with van der Waals surface area (Å²) in [5, 5.41) is 11.6. The first-order valence-corrected chi connectivity index (χ1v) is 3.22. The lowest BCUT2D eigenvalue weighted by atomic mass is 10.5. The van der Waals surface area contributed by atoms with Crippen molar-refractivity contribution in [2.45, 2.75) is 0 Å². The van der Waals surface area contributed by atoms with Crippen LogP contribution in [0.2, 0.25) is 0 Å².